The van der Waals surface area contributed by atoms with Crippen molar-refractivity contribution < 1.29 is 9.53 Å². The van der Waals surface area contributed by atoms with Crippen molar-refractivity contribution in [2.75, 3.05) is 33.4 Å². The summed E-state index contributed by atoms with van der Waals surface area (Å²) in [6, 6.07) is 10.3. The highest BCUT2D eigenvalue weighted by atomic mass is 16.5. The zero-order valence-electron chi connectivity index (χ0n) is 16.0. The number of nitrogens with one attached hydrogen (secondary N) is 1. The molecule has 1 aliphatic heterocycles. The molecule has 2 saturated carbocycles. The van der Waals surface area contributed by atoms with Crippen LogP contribution in [0.5, 0.6) is 0 Å². The topological polar surface area (TPSA) is 41.6 Å². The van der Waals surface area contributed by atoms with E-state index in [0.29, 0.717) is 6.61 Å². The molecule has 1 heterocycles. The Bertz CT molecular complexity index is 614. The number of hydrogen-bond donors (Lipinski definition) is 1. The van der Waals surface area contributed by atoms with E-state index in [2.05, 4.69) is 22.3 Å². The fourth-order valence-corrected chi connectivity index (χ4v) is 4.45. The molecule has 1 saturated heterocycles. The SMILES string of the molecule is COCCC1(NC(=O)C2(c3ccccc3)CC2)CCN(CC2CC2)CC1. The number of methoxy groups -OCH3 is 1. The van der Waals surface area contributed by atoms with E-state index < -0.39 is 0 Å². The van der Waals surface area contributed by atoms with Gasteiger partial charge in [0.15, 0.2) is 0 Å². The van der Waals surface area contributed by atoms with Crippen LogP contribution in [-0.4, -0.2) is 49.7 Å². The zero-order chi connectivity index (χ0) is 18.0. The van der Waals surface area contributed by atoms with E-state index in [1.54, 1.807) is 7.11 Å². The normalized spacial score (nSPS) is 24.2. The molecule has 1 amide bonds. The van der Waals surface area contributed by atoms with E-state index in [0.717, 1.165) is 51.1 Å². The lowest BCUT2D eigenvalue weighted by molar-refractivity contribution is -0.126. The van der Waals surface area contributed by atoms with Crippen molar-refractivity contribution in [3.63, 3.8) is 0 Å². The van der Waals surface area contributed by atoms with E-state index in [1.165, 1.54) is 24.9 Å². The maximum Gasteiger partial charge on any atom is 0.231 e. The van der Waals surface area contributed by atoms with E-state index in [4.69, 9.17) is 4.74 Å². The fourth-order valence-electron chi connectivity index (χ4n) is 4.45. The van der Waals surface area contributed by atoms with Crippen LogP contribution in [0.1, 0.15) is 50.5 Å². The standard InChI is InChI=1S/C22H32N2O2/c1-26-16-13-21(11-14-24(15-12-21)17-18-7-8-18)23-20(25)22(9-10-22)19-5-3-2-4-6-19/h2-6,18H,7-17H2,1H3,(H,23,25). The molecule has 0 spiro atoms. The highest BCUT2D eigenvalue weighted by Gasteiger charge is 2.53. The van der Waals surface area contributed by atoms with Crippen molar-refractivity contribution in [3.05, 3.63) is 35.9 Å². The second-order valence-electron chi connectivity index (χ2n) is 8.67. The van der Waals surface area contributed by atoms with Gasteiger partial charge in [-0.1, -0.05) is 30.3 Å². The Balaban J connectivity index is 1.43. The number of hydrogen-bond acceptors (Lipinski definition) is 3. The lowest BCUT2D eigenvalue weighted by Crippen LogP contribution is -2.58. The van der Waals surface area contributed by atoms with Crippen LogP contribution < -0.4 is 5.32 Å². The highest BCUT2D eigenvalue weighted by Crippen LogP contribution is 2.49. The van der Waals surface area contributed by atoms with E-state index >= 15 is 0 Å². The second-order valence-corrected chi connectivity index (χ2v) is 8.67. The van der Waals surface area contributed by atoms with Crippen molar-refractivity contribution >= 4 is 5.91 Å². The van der Waals surface area contributed by atoms with Crippen LogP contribution in [0.25, 0.3) is 0 Å². The molecule has 4 heteroatoms. The number of carbonyl (C=O) groups excluding carboxylic acids is 1. The number of carbonyl (C=O) groups is 1. The summed E-state index contributed by atoms with van der Waals surface area (Å²) in [6.45, 7) is 4.15. The van der Waals surface area contributed by atoms with Crippen molar-refractivity contribution in [1.29, 1.82) is 0 Å². The van der Waals surface area contributed by atoms with Gasteiger partial charge in [-0.25, -0.2) is 0 Å². The van der Waals surface area contributed by atoms with Crippen molar-refractivity contribution in [2.45, 2.75) is 55.9 Å². The monoisotopic (exact) mass is 356 g/mol. The molecule has 1 aromatic rings. The largest absolute Gasteiger partial charge is 0.385 e. The third-order valence-corrected chi connectivity index (χ3v) is 6.70. The predicted octanol–water partition coefficient (Wildman–Crippen LogP) is 3.12. The van der Waals surface area contributed by atoms with E-state index in [-0.39, 0.29) is 16.9 Å². The number of amides is 1. The molecule has 0 bridgehead atoms. The molecular formula is C22H32N2O2. The Labute approximate surface area is 157 Å². The van der Waals surface area contributed by atoms with Gasteiger partial charge < -0.3 is 15.0 Å². The summed E-state index contributed by atoms with van der Waals surface area (Å²) >= 11 is 0. The number of piperidine rings is 1. The molecule has 26 heavy (non-hydrogen) atoms. The third-order valence-electron chi connectivity index (χ3n) is 6.70. The average molecular weight is 357 g/mol. The van der Waals surface area contributed by atoms with Gasteiger partial charge in [0.25, 0.3) is 0 Å². The number of rotatable bonds is 8. The summed E-state index contributed by atoms with van der Waals surface area (Å²) in [7, 11) is 1.75. The smallest absolute Gasteiger partial charge is 0.231 e. The van der Waals surface area contributed by atoms with Crippen LogP contribution in [-0.2, 0) is 14.9 Å². The van der Waals surface area contributed by atoms with Crippen molar-refractivity contribution in [2.24, 2.45) is 5.92 Å². The first-order chi connectivity index (χ1) is 12.7. The van der Waals surface area contributed by atoms with Gasteiger partial charge in [-0.05, 0) is 56.4 Å². The molecule has 0 radical (unpaired) electrons. The summed E-state index contributed by atoms with van der Waals surface area (Å²) in [4.78, 5) is 15.9. The average Bonchev–Trinajstić information content (AvgIpc) is 3.57. The quantitative estimate of drug-likeness (QED) is 0.778. The molecule has 4 nitrogen and oxygen atoms in total. The first-order valence-electron chi connectivity index (χ1n) is 10.3. The molecular weight excluding hydrogens is 324 g/mol. The zero-order valence-corrected chi connectivity index (χ0v) is 16.0. The van der Waals surface area contributed by atoms with Gasteiger partial charge in [0, 0.05) is 38.9 Å². The number of ether oxygens (including phenoxy) is 1. The number of likely N-dealkylation sites (tertiary alicyclic amines) is 1. The Morgan fingerprint density at radius 3 is 2.42 bits per heavy atom. The Morgan fingerprint density at radius 1 is 1.15 bits per heavy atom. The molecule has 4 rings (SSSR count). The Morgan fingerprint density at radius 2 is 1.85 bits per heavy atom. The minimum Gasteiger partial charge on any atom is -0.385 e. The second kappa shape index (κ2) is 7.32. The minimum atomic E-state index is -0.285. The van der Waals surface area contributed by atoms with E-state index in [9.17, 15) is 4.79 Å². The lowest BCUT2D eigenvalue weighted by atomic mass is 9.83. The van der Waals surface area contributed by atoms with Crippen LogP contribution in [0.4, 0.5) is 0 Å². The lowest BCUT2D eigenvalue weighted by Gasteiger charge is -2.43. The van der Waals surface area contributed by atoms with Gasteiger partial charge >= 0.3 is 0 Å². The maximum absolute atomic E-state index is 13.3. The molecule has 0 aromatic heterocycles. The van der Waals surface area contributed by atoms with Gasteiger partial charge in [0.05, 0.1) is 5.41 Å². The maximum atomic E-state index is 13.3. The van der Waals surface area contributed by atoms with Crippen LogP contribution >= 0.6 is 0 Å². The van der Waals surface area contributed by atoms with Gasteiger partial charge in [-0.3, -0.25) is 4.79 Å². The van der Waals surface area contributed by atoms with Gasteiger partial charge in [-0.15, -0.1) is 0 Å². The minimum absolute atomic E-state index is 0.0997. The summed E-state index contributed by atoms with van der Waals surface area (Å²) in [5, 5.41) is 3.51. The third kappa shape index (κ3) is 3.81. The van der Waals surface area contributed by atoms with Gasteiger partial charge in [0.2, 0.25) is 5.91 Å². The number of nitrogens with zero attached hydrogens (tertiary/aromatic N) is 1. The Hall–Kier alpha value is -1.39. The number of benzene rings is 1. The summed E-state index contributed by atoms with van der Waals surface area (Å²) in [6.07, 6.45) is 7.74. The van der Waals surface area contributed by atoms with E-state index in [1.807, 2.05) is 18.2 Å². The van der Waals surface area contributed by atoms with Crippen LogP contribution in [0, 0.1) is 5.92 Å². The fraction of sp³-hybridized carbons (Fsp3) is 0.682. The van der Waals surface area contributed by atoms with Crippen molar-refractivity contribution in [3.8, 4) is 0 Å². The first kappa shape index (κ1) is 18.0. The molecule has 3 fully saturated rings. The molecule has 1 aromatic carbocycles. The summed E-state index contributed by atoms with van der Waals surface area (Å²) < 4.78 is 5.37. The molecule has 1 N–H and O–H groups in total. The first-order valence-corrected chi connectivity index (χ1v) is 10.3. The predicted molar refractivity (Wildman–Crippen MR) is 103 cm³/mol. The van der Waals surface area contributed by atoms with Crippen molar-refractivity contribution in [1.82, 2.24) is 10.2 Å². The summed E-state index contributed by atoms with van der Waals surface area (Å²) in [5.74, 6) is 1.17. The molecule has 142 valence electrons. The van der Waals surface area contributed by atoms with Crippen LogP contribution in [0.2, 0.25) is 0 Å². The summed E-state index contributed by atoms with van der Waals surface area (Å²) in [5.41, 5.74) is 0.787. The molecule has 0 atom stereocenters. The molecule has 0 unspecified atom stereocenters. The molecule has 2 aliphatic carbocycles. The molecule has 3 aliphatic rings. The van der Waals surface area contributed by atoms with Crippen LogP contribution in [0.3, 0.4) is 0 Å². The van der Waals surface area contributed by atoms with Gasteiger partial charge in [-0.2, -0.15) is 0 Å². The Kier molecular flexibility index (Phi) is 5.07. The highest BCUT2D eigenvalue weighted by molar-refractivity contribution is 5.91. The van der Waals surface area contributed by atoms with Crippen LogP contribution in [0.15, 0.2) is 30.3 Å². The van der Waals surface area contributed by atoms with Gasteiger partial charge in [0.1, 0.15) is 0 Å².